The first-order chi connectivity index (χ1) is 14.1. The number of hydrogen-bond donors (Lipinski definition) is 2. The van der Waals surface area contributed by atoms with Crippen molar-refractivity contribution in [3.63, 3.8) is 0 Å². The first-order valence-electron chi connectivity index (χ1n) is 9.47. The lowest BCUT2D eigenvalue weighted by Gasteiger charge is -2.27. The van der Waals surface area contributed by atoms with Crippen LogP contribution in [0.4, 0.5) is 20.3 Å². The molecule has 5 nitrogen and oxygen atoms in total. The standard InChI is InChI=1S/C21H20ClF2N5/c22-18-13-27-20(14-2-5-17(6-3-14)29-9-7-25-8-10-29)28-21(18)26-12-15-1-4-16(23)11-19(15)24/h1-6,11,13,25H,7-10,12H2,(H,26,27,28)/p+1. The third-order valence-electron chi connectivity index (χ3n) is 4.90. The van der Waals surface area contributed by atoms with Crippen LogP contribution in [0.3, 0.4) is 0 Å². The first kappa shape index (κ1) is 19.5. The Balaban J connectivity index is 1.50. The van der Waals surface area contributed by atoms with Crippen molar-refractivity contribution in [3.05, 3.63) is 70.9 Å². The fourth-order valence-corrected chi connectivity index (χ4v) is 3.46. The predicted octanol–water partition coefficient (Wildman–Crippen LogP) is 3.07. The molecule has 0 amide bonds. The third kappa shape index (κ3) is 4.63. The average molecular weight is 417 g/mol. The summed E-state index contributed by atoms with van der Waals surface area (Å²) in [6.07, 6.45) is 1.52. The van der Waals surface area contributed by atoms with Gasteiger partial charge in [0.25, 0.3) is 0 Å². The summed E-state index contributed by atoms with van der Waals surface area (Å²) in [6, 6.07) is 11.6. The van der Waals surface area contributed by atoms with Gasteiger partial charge in [-0.25, -0.2) is 18.7 Å². The molecule has 8 heteroatoms. The van der Waals surface area contributed by atoms with E-state index in [4.69, 9.17) is 11.6 Å². The highest BCUT2D eigenvalue weighted by Crippen LogP contribution is 2.25. The molecule has 4 rings (SSSR count). The monoisotopic (exact) mass is 416 g/mol. The SMILES string of the molecule is Fc1ccc(CNc2nc(-c3ccc(N4CC[NH2+]CC4)cc3)ncc2Cl)c(F)c1. The van der Waals surface area contributed by atoms with E-state index in [1.807, 2.05) is 12.1 Å². The number of nitrogens with two attached hydrogens (primary N) is 1. The number of rotatable bonds is 5. The van der Waals surface area contributed by atoms with Gasteiger partial charge in [-0.05, 0) is 30.3 Å². The van der Waals surface area contributed by atoms with Gasteiger partial charge in [-0.3, -0.25) is 0 Å². The molecule has 1 saturated heterocycles. The molecule has 1 aliphatic rings. The second kappa shape index (κ2) is 8.71. The fourth-order valence-electron chi connectivity index (χ4n) is 3.30. The fraction of sp³-hybridized carbons (Fsp3) is 0.238. The zero-order valence-electron chi connectivity index (χ0n) is 15.7. The van der Waals surface area contributed by atoms with Gasteiger partial charge in [-0.1, -0.05) is 17.7 Å². The van der Waals surface area contributed by atoms with Gasteiger partial charge >= 0.3 is 0 Å². The van der Waals surface area contributed by atoms with E-state index in [0.717, 1.165) is 37.8 Å². The quantitative estimate of drug-likeness (QED) is 0.671. The van der Waals surface area contributed by atoms with Gasteiger partial charge in [0.05, 0.1) is 32.4 Å². The van der Waals surface area contributed by atoms with Crippen LogP contribution in [0.5, 0.6) is 0 Å². The molecule has 2 heterocycles. The van der Waals surface area contributed by atoms with E-state index < -0.39 is 11.6 Å². The zero-order valence-corrected chi connectivity index (χ0v) is 16.5. The Kier molecular flexibility index (Phi) is 5.87. The smallest absolute Gasteiger partial charge is 0.161 e. The van der Waals surface area contributed by atoms with Crippen molar-refractivity contribution < 1.29 is 14.1 Å². The van der Waals surface area contributed by atoms with Crippen LogP contribution in [0.25, 0.3) is 11.4 Å². The molecule has 0 radical (unpaired) electrons. The van der Waals surface area contributed by atoms with E-state index >= 15 is 0 Å². The van der Waals surface area contributed by atoms with Gasteiger partial charge in [0.15, 0.2) is 5.82 Å². The Labute approximate surface area is 172 Å². The molecule has 0 aliphatic carbocycles. The van der Waals surface area contributed by atoms with Crippen LogP contribution >= 0.6 is 11.6 Å². The largest absolute Gasteiger partial charge is 0.365 e. The second-order valence-electron chi connectivity index (χ2n) is 6.88. The lowest BCUT2D eigenvalue weighted by molar-refractivity contribution is -0.655. The molecule has 0 spiro atoms. The Morgan fingerprint density at radius 1 is 1.07 bits per heavy atom. The zero-order chi connectivity index (χ0) is 20.2. The van der Waals surface area contributed by atoms with Crippen molar-refractivity contribution in [1.82, 2.24) is 9.97 Å². The molecule has 1 aliphatic heterocycles. The predicted molar refractivity (Wildman–Crippen MR) is 110 cm³/mol. The van der Waals surface area contributed by atoms with Crippen molar-refractivity contribution >= 4 is 23.1 Å². The number of nitrogens with zero attached hydrogens (tertiary/aromatic N) is 3. The Morgan fingerprint density at radius 3 is 2.55 bits per heavy atom. The van der Waals surface area contributed by atoms with E-state index in [0.29, 0.717) is 22.2 Å². The van der Waals surface area contributed by atoms with Crippen molar-refractivity contribution in [3.8, 4) is 11.4 Å². The number of aromatic nitrogens is 2. The maximum Gasteiger partial charge on any atom is 0.161 e. The molecule has 1 aromatic heterocycles. The summed E-state index contributed by atoms with van der Waals surface area (Å²) < 4.78 is 26.9. The van der Waals surface area contributed by atoms with Gasteiger partial charge in [-0.2, -0.15) is 0 Å². The summed E-state index contributed by atoms with van der Waals surface area (Å²) >= 11 is 6.19. The number of hydrogen-bond acceptors (Lipinski definition) is 4. The summed E-state index contributed by atoms with van der Waals surface area (Å²) in [5.41, 5.74) is 2.37. The normalized spacial score (nSPS) is 14.1. The van der Waals surface area contributed by atoms with Crippen LogP contribution in [0.15, 0.2) is 48.7 Å². The first-order valence-corrected chi connectivity index (χ1v) is 9.85. The van der Waals surface area contributed by atoms with Crippen LogP contribution < -0.4 is 15.5 Å². The van der Waals surface area contributed by atoms with Gasteiger partial charge in [0.1, 0.15) is 22.5 Å². The molecule has 150 valence electrons. The lowest BCUT2D eigenvalue weighted by atomic mass is 10.1. The van der Waals surface area contributed by atoms with E-state index in [1.54, 1.807) is 0 Å². The molecule has 3 aromatic rings. The second-order valence-corrected chi connectivity index (χ2v) is 7.29. The molecular formula is C21H21ClF2N5+. The molecule has 0 unspecified atom stereocenters. The highest BCUT2D eigenvalue weighted by atomic mass is 35.5. The Bertz CT molecular complexity index is 991. The molecule has 1 fully saturated rings. The molecule has 0 bridgehead atoms. The van der Waals surface area contributed by atoms with Crippen LogP contribution in [-0.4, -0.2) is 36.1 Å². The Hall–Kier alpha value is -2.77. The number of piperazine rings is 1. The van der Waals surface area contributed by atoms with Gasteiger partial charge in [0.2, 0.25) is 0 Å². The molecule has 3 N–H and O–H groups in total. The highest BCUT2D eigenvalue weighted by Gasteiger charge is 2.14. The van der Waals surface area contributed by atoms with Gasteiger partial charge in [-0.15, -0.1) is 0 Å². The van der Waals surface area contributed by atoms with Gasteiger partial charge in [0, 0.05) is 29.4 Å². The van der Waals surface area contributed by atoms with Crippen molar-refractivity contribution in [2.45, 2.75) is 6.54 Å². The lowest BCUT2D eigenvalue weighted by Crippen LogP contribution is -2.89. The van der Waals surface area contributed by atoms with Crippen molar-refractivity contribution in [1.29, 1.82) is 0 Å². The Morgan fingerprint density at radius 2 is 1.83 bits per heavy atom. The number of quaternary nitrogens is 1. The van der Waals surface area contributed by atoms with E-state index in [2.05, 4.69) is 37.6 Å². The average Bonchev–Trinajstić information content (AvgIpc) is 2.75. The van der Waals surface area contributed by atoms with E-state index in [-0.39, 0.29) is 6.54 Å². The van der Waals surface area contributed by atoms with Crippen LogP contribution in [0.2, 0.25) is 5.02 Å². The minimum atomic E-state index is -0.617. The minimum Gasteiger partial charge on any atom is -0.365 e. The summed E-state index contributed by atoms with van der Waals surface area (Å²) in [5, 5.41) is 5.65. The summed E-state index contributed by atoms with van der Waals surface area (Å²) in [6.45, 7) is 4.40. The number of halogens is 3. The number of benzene rings is 2. The maximum absolute atomic E-state index is 13.8. The molecule has 2 aromatic carbocycles. The van der Waals surface area contributed by atoms with Crippen molar-refractivity contribution in [2.75, 3.05) is 36.4 Å². The topological polar surface area (TPSA) is 57.7 Å². The van der Waals surface area contributed by atoms with Crippen LogP contribution in [-0.2, 0) is 6.54 Å². The number of nitrogens with one attached hydrogen (secondary N) is 1. The molecule has 0 atom stereocenters. The van der Waals surface area contributed by atoms with E-state index in [9.17, 15) is 8.78 Å². The summed E-state index contributed by atoms with van der Waals surface area (Å²) in [5.74, 6) is -0.306. The minimum absolute atomic E-state index is 0.132. The van der Waals surface area contributed by atoms with Crippen LogP contribution in [0.1, 0.15) is 5.56 Å². The summed E-state index contributed by atoms with van der Waals surface area (Å²) in [7, 11) is 0. The molecular weight excluding hydrogens is 396 g/mol. The number of anilines is 2. The maximum atomic E-state index is 13.8. The highest BCUT2D eigenvalue weighted by molar-refractivity contribution is 6.32. The molecule has 29 heavy (non-hydrogen) atoms. The van der Waals surface area contributed by atoms with E-state index in [1.165, 1.54) is 24.0 Å². The van der Waals surface area contributed by atoms with Gasteiger partial charge < -0.3 is 15.5 Å². The third-order valence-corrected chi connectivity index (χ3v) is 5.18. The van der Waals surface area contributed by atoms with Crippen molar-refractivity contribution in [2.24, 2.45) is 0 Å². The van der Waals surface area contributed by atoms with Crippen LogP contribution in [0, 0.1) is 11.6 Å². The summed E-state index contributed by atoms with van der Waals surface area (Å²) in [4.78, 5) is 11.1. The molecule has 0 saturated carbocycles.